The Kier molecular flexibility index (Phi) is 4.90. The van der Waals surface area contributed by atoms with Gasteiger partial charge in [0.15, 0.2) is 9.84 Å². The Bertz CT molecular complexity index is 521. The number of amides is 1. The molecule has 0 bridgehead atoms. The van der Waals surface area contributed by atoms with Crippen molar-refractivity contribution in [3.63, 3.8) is 0 Å². The monoisotopic (exact) mass is 269 g/mol. The lowest BCUT2D eigenvalue weighted by Crippen LogP contribution is -2.14. The molecule has 0 radical (unpaired) electrons. The van der Waals surface area contributed by atoms with Crippen molar-refractivity contribution < 1.29 is 13.2 Å². The third-order valence-corrected chi connectivity index (χ3v) is 3.66. The number of carbonyl (C=O) groups is 1. The van der Waals surface area contributed by atoms with Crippen LogP contribution in [0, 0.1) is 5.92 Å². The van der Waals surface area contributed by atoms with E-state index in [2.05, 4.69) is 5.32 Å². The zero-order valence-electron chi connectivity index (χ0n) is 10.9. The number of nitrogens with one attached hydrogen (secondary N) is 1. The lowest BCUT2D eigenvalue weighted by Gasteiger charge is -2.10. The molecule has 0 spiro atoms. The van der Waals surface area contributed by atoms with Crippen molar-refractivity contribution in [1.82, 2.24) is 0 Å². The van der Waals surface area contributed by atoms with Crippen LogP contribution in [0.4, 0.5) is 5.69 Å². The normalized spacial score (nSPS) is 11.6. The molecule has 5 heteroatoms. The molecule has 0 saturated carbocycles. The van der Waals surface area contributed by atoms with Crippen LogP contribution in [0.15, 0.2) is 29.2 Å². The molecule has 0 aliphatic rings. The predicted molar refractivity (Wildman–Crippen MR) is 72.3 cm³/mol. The van der Waals surface area contributed by atoms with Gasteiger partial charge in [-0.2, -0.15) is 0 Å². The average molecular weight is 269 g/mol. The van der Waals surface area contributed by atoms with Gasteiger partial charge in [0.25, 0.3) is 0 Å². The van der Waals surface area contributed by atoms with Gasteiger partial charge in [-0.3, -0.25) is 4.79 Å². The van der Waals surface area contributed by atoms with E-state index in [1.807, 2.05) is 13.8 Å². The van der Waals surface area contributed by atoms with Crippen molar-refractivity contribution in [1.29, 1.82) is 0 Å². The van der Waals surface area contributed by atoms with Gasteiger partial charge in [0.05, 0.1) is 10.6 Å². The predicted octanol–water partition coefficient (Wildman–Crippen LogP) is 2.46. The Morgan fingerprint density at radius 1 is 1.28 bits per heavy atom. The van der Waals surface area contributed by atoms with Crippen LogP contribution in [0.25, 0.3) is 0 Å². The van der Waals surface area contributed by atoms with Gasteiger partial charge in [-0.1, -0.05) is 26.0 Å². The maximum absolute atomic E-state index is 11.7. The SMILES string of the molecule is CC(C)CCC(=O)Nc1ccccc1S(C)(=O)=O. The zero-order chi connectivity index (χ0) is 13.8. The van der Waals surface area contributed by atoms with Crippen molar-refractivity contribution in [3.8, 4) is 0 Å². The first kappa shape index (κ1) is 14.7. The van der Waals surface area contributed by atoms with Gasteiger partial charge >= 0.3 is 0 Å². The number of anilines is 1. The molecule has 0 aliphatic heterocycles. The number of rotatable bonds is 5. The van der Waals surface area contributed by atoms with Gasteiger partial charge in [0, 0.05) is 12.7 Å². The fraction of sp³-hybridized carbons (Fsp3) is 0.462. The van der Waals surface area contributed by atoms with E-state index in [1.165, 1.54) is 6.07 Å². The summed E-state index contributed by atoms with van der Waals surface area (Å²) in [4.78, 5) is 11.8. The van der Waals surface area contributed by atoms with E-state index in [4.69, 9.17) is 0 Å². The van der Waals surface area contributed by atoms with Crippen LogP contribution in [-0.4, -0.2) is 20.6 Å². The maximum Gasteiger partial charge on any atom is 0.224 e. The Hall–Kier alpha value is -1.36. The van der Waals surface area contributed by atoms with Crippen LogP contribution >= 0.6 is 0 Å². The minimum absolute atomic E-state index is 0.153. The quantitative estimate of drug-likeness (QED) is 0.893. The van der Waals surface area contributed by atoms with Crippen LogP contribution in [-0.2, 0) is 14.6 Å². The van der Waals surface area contributed by atoms with Gasteiger partial charge < -0.3 is 5.32 Å². The highest BCUT2D eigenvalue weighted by atomic mass is 32.2. The van der Waals surface area contributed by atoms with Crippen molar-refractivity contribution in [3.05, 3.63) is 24.3 Å². The van der Waals surface area contributed by atoms with Crippen LogP contribution in [0.1, 0.15) is 26.7 Å². The number of carbonyl (C=O) groups excluding carboxylic acids is 1. The smallest absolute Gasteiger partial charge is 0.224 e. The van der Waals surface area contributed by atoms with E-state index >= 15 is 0 Å². The second-order valence-electron chi connectivity index (χ2n) is 4.75. The molecule has 0 unspecified atom stereocenters. The second kappa shape index (κ2) is 6.00. The molecular formula is C13H19NO3S. The summed E-state index contributed by atoms with van der Waals surface area (Å²) in [7, 11) is -3.33. The van der Waals surface area contributed by atoms with E-state index in [-0.39, 0.29) is 10.8 Å². The topological polar surface area (TPSA) is 63.2 Å². The van der Waals surface area contributed by atoms with Crippen molar-refractivity contribution >= 4 is 21.4 Å². The van der Waals surface area contributed by atoms with Crippen LogP contribution in [0.5, 0.6) is 0 Å². The second-order valence-corrected chi connectivity index (χ2v) is 6.73. The molecule has 4 nitrogen and oxygen atoms in total. The standard InChI is InChI=1S/C13H19NO3S/c1-10(2)8-9-13(15)14-11-6-4-5-7-12(11)18(3,16)17/h4-7,10H,8-9H2,1-3H3,(H,14,15). The summed E-state index contributed by atoms with van der Waals surface area (Å²) < 4.78 is 23.1. The molecule has 1 N–H and O–H groups in total. The van der Waals surface area contributed by atoms with Crippen LogP contribution < -0.4 is 5.32 Å². The highest BCUT2D eigenvalue weighted by molar-refractivity contribution is 7.90. The lowest BCUT2D eigenvalue weighted by molar-refractivity contribution is -0.116. The van der Waals surface area contributed by atoms with Gasteiger partial charge in [0.1, 0.15) is 0 Å². The number of hydrogen-bond acceptors (Lipinski definition) is 3. The summed E-state index contributed by atoms with van der Waals surface area (Å²) in [6.07, 6.45) is 2.31. The van der Waals surface area contributed by atoms with E-state index in [9.17, 15) is 13.2 Å². The number of para-hydroxylation sites is 1. The molecule has 0 aliphatic carbocycles. The summed E-state index contributed by atoms with van der Waals surface area (Å²) in [5, 5.41) is 2.65. The molecule has 0 saturated heterocycles. The molecule has 18 heavy (non-hydrogen) atoms. The molecule has 1 rings (SSSR count). The van der Waals surface area contributed by atoms with Gasteiger partial charge in [-0.25, -0.2) is 8.42 Å². The van der Waals surface area contributed by atoms with Crippen molar-refractivity contribution in [2.45, 2.75) is 31.6 Å². The fourth-order valence-electron chi connectivity index (χ4n) is 1.53. The first-order valence-corrected chi connectivity index (χ1v) is 7.79. The molecule has 0 aromatic heterocycles. The third-order valence-electron chi connectivity index (χ3n) is 2.51. The van der Waals surface area contributed by atoms with E-state index in [0.717, 1.165) is 12.7 Å². The molecule has 0 atom stereocenters. The molecular weight excluding hydrogens is 250 g/mol. The highest BCUT2D eigenvalue weighted by Gasteiger charge is 2.14. The third kappa shape index (κ3) is 4.49. The molecule has 1 aromatic rings. The first-order valence-electron chi connectivity index (χ1n) is 5.89. The number of sulfone groups is 1. The minimum atomic E-state index is -3.33. The van der Waals surface area contributed by atoms with Gasteiger partial charge in [-0.15, -0.1) is 0 Å². The van der Waals surface area contributed by atoms with Gasteiger partial charge in [-0.05, 0) is 24.5 Å². The van der Waals surface area contributed by atoms with Crippen LogP contribution in [0.2, 0.25) is 0 Å². The molecule has 1 amide bonds. The molecule has 0 heterocycles. The Labute approximate surface area is 108 Å². The lowest BCUT2D eigenvalue weighted by atomic mass is 10.1. The average Bonchev–Trinajstić information content (AvgIpc) is 2.25. The van der Waals surface area contributed by atoms with Crippen molar-refractivity contribution in [2.75, 3.05) is 11.6 Å². The van der Waals surface area contributed by atoms with Gasteiger partial charge in [0.2, 0.25) is 5.91 Å². The molecule has 0 fully saturated rings. The summed E-state index contributed by atoms with van der Waals surface area (Å²) in [5.74, 6) is 0.292. The molecule has 100 valence electrons. The summed E-state index contributed by atoms with van der Waals surface area (Å²) >= 11 is 0. The summed E-state index contributed by atoms with van der Waals surface area (Å²) in [6.45, 7) is 4.08. The Morgan fingerprint density at radius 2 is 1.89 bits per heavy atom. The maximum atomic E-state index is 11.7. The molecule has 1 aromatic carbocycles. The minimum Gasteiger partial charge on any atom is -0.325 e. The van der Waals surface area contributed by atoms with E-state index in [1.54, 1.807) is 18.2 Å². The van der Waals surface area contributed by atoms with Crippen LogP contribution in [0.3, 0.4) is 0 Å². The van der Waals surface area contributed by atoms with Crippen molar-refractivity contribution in [2.24, 2.45) is 5.92 Å². The fourth-order valence-corrected chi connectivity index (χ4v) is 2.37. The van der Waals surface area contributed by atoms with E-state index < -0.39 is 9.84 Å². The number of hydrogen-bond donors (Lipinski definition) is 1. The Balaban J connectivity index is 2.82. The zero-order valence-corrected chi connectivity index (χ0v) is 11.8. The number of benzene rings is 1. The van der Waals surface area contributed by atoms with E-state index in [0.29, 0.717) is 18.0 Å². The highest BCUT2D eigenvalue weighted by Crippen LogP contribution is 2.21. The first-order chi connectivity index (χ1) is 8.30. The Morgan fingerprint density at radius 3 is 2.44 bits per heavy atom. The largest absolute Gasteiger partial charge is 0.325 e. The summed E-state index contributed by atoms with van der Waals surface area (Å²) in [6, 6.07) is 6.43. The summed E-state index contributed by atoms with van der Waals surface area (Å²) in [5.41, 5.74) is 0.355.